The summed E-state index contributed by atoms with van der Waals surface area (Å²) in [5.74, 6) is -0.126. The summed E-state index contributed by atoms with van der Waals surface area (Å²) in [4.78, 5) is 0. The van der Waals surface area contributed by atoms with Gasteiger partial charge in [-0.25, -0.2) is 4.39 Å². The van der Waals surface area contributed by atoms with E-state index in [0.717, 1.165) is 11.1 Å². The van der Waals surface area contributed by atoms with Crippen LogP contribution in [0.25, 0.3) is 10.9 Å². The van der Waals surface area contributed by atoms with Gasteiger partial charge >= 0.3 is 0 Å². The van der Waals surface area contributed by atoms with Crippen LogP contribution >= 0.6 is 0 Å². The van der Waals surface area contributed by atoms with Gasteiger partial charge in [-0.2, -0.15) is 10.4 Å². The number of nitrogens with one attached hydrogen (secondary N) is 1. The molecule has 3 nitrogen and oxygen atoms in total. The van der Waals surface area contributed by atoms with E-state index in [2.05, 4.69) is 10.2 Å². The highest BCUT2D eigenvalue weighted by atomic mass is 19.1. The van der Waals surface area contributed by atoms with Crippen LogP contribution in [0.1, 0.15) is 36.6 Å². The van der Waals surface area contributed by atoms with Gasteiger partial charge in [0.1, 0.15) is 17.4 Å². The largest absolute Gasteiger partial charge is 0.273 e. The number of hydrogen-bond acceptors (Lipinski definition) is 2. The summed E-state index contributed by atoms with van der Waals surface area (Å²) in [7, 11) is 0. The Morgan fingerprint density at radius 1 is 1.50 bits per heavy atom. The Labute approximate surface area is 92.9 Å². The molecule has 0 bridgehead atoms. The standard InChI is InChI=1S/C12H12FN3/c1-6(2)10-7(3)4-8(13)12-11(10)9(5-14)15-16-12/h4,6H,1-3H3,(H,15,16). The first-order chi connectivity index (χ1) is 7.56. The first-order valence-electron chi connectivity index (χ1n) is 5.13. The van der Waals surface area contributed by atoms with Crippen molar-refractivity contribution >= 4 is 10.9 Å². The fourth-order valence-electron chi connectivity index (χ4n) is 2.14. The molecule has 2 rings (SSSR count). The van der Waals surface area contributed by atoms with Crippen molar-refractivity contribution in [2.45, 2.75) is 26.7 Å². The maximum atomic E-state index is 13.7. The van der Waals surface area contributed by atoms with Crippen molar-refractivity contribution in [2.75, 3.05) is 0 Å². The lowest BCUT2D eigenvalue weighted by molar-refractivity contribution is 0.634. The van der Waals surface area contributed by atoms with E-state index in [1.165, 1.54) is 6.07 Å². The van der Waals surface area contributed by atoms with Crippen LogP contribution in [0, 0.1) is 24.1 Å². The zero-order valence-electron chi connectivity index (χ0n) is 9.43. The quantitative estimate of drug-likeness (QED) is 0.798. The highest BCUT2D eigenvalue weighted by Gasteiger charge is 2.18. The van der Waals surface area contributed by atoms with Crippen molar-refractivity contribution in [1.82, 2.24) is 10.2 Å². The van der Waals surface area contributed by atoms with Gasteiger partial charge in [-0.15, -0.1) is 0 Å². The van der Waals surface area contributed by atoms with Crippen molar-refractivity contribution in [3.8, 4) is 6.07 Å². The van der Waals surface area contributed by atoms with E-state index in [1.54, 1.807) is 0 Å². The fourth-order valence-corrected chi connectivity index (χ4v) is 2.14. The molecule has 1 aromatic heterocycles. The van der Waals surface area contributed by atoms with Crippen molar-refractivity contribution in [3.63, 3.8) is 0 Å². The third kappa shape index (κ3) is 1.36. The van der Waals surface area contributed by atoms with E-state index in [1.807, 2.05) is 26.8 Å². The van der Waals surface area contributed by atoms with Gasteiger partial charge in [-0.3, -0.25) is 5.10 Å². The van der Waals surface area contributed by atoms with Crippen LogP contribution in [0.15, 0.2) is 6.07 Å². The molecular weight excluding hydrogens is 205 g/mol. The molecule has 0 unspecified atom stereocenters. The lowest BCUT2D eigenvalue weighted by Gasteiger charge is -2.11. The number of aromatic amines is 1. The maximum Gasteiger partial charge on any atom is 0.170 e. The fraction of sp³-hybridized carbons (Fsp3) is 0.333. The lowest BCUT2D eigenvalue weighted by Crippen LogP contribution is -1.96. The number of nitrogens with zero attached hydrogens (tertiary/aromatic N) is 2. The minimum atomic E-state index is -0.356. The van der Waals surface area contributed by atoms with E-state index in [4.69, 9.17) is 5.26 Å². The van der Waals surface area contributed by atoms with E-state index < -0.39 is 0 Å². The van der Waals surface area contributed by atoms with E-state index >= 15 is 0 Å². The van der Waals surface area contributed by atoms with Crippen LogP contribution in [0.2, 0.25) is 0 Å². The molecule has 0 saturated carbocycles. The minimum absolute atomic E-state index is 0.229. The second-order valence-electron chi connectivity index (χ2n) is 4.18. The second kappa shape index (κ2) is 3.60. The number of hydrogen-bond donors (Lipinski definition) is 1. The molecule has 2 aromatic rings. The molecule has 0 amide bonds. The molecule has 0 radical (unpaired) electrons. The number of nitriles is 1. The summed E-state index contributed by atoms with van der Waals surface area (Å²) < 4.78 is 13.7. The average Bonchev–Trinajstić information content (AvgIpc) is 2.60. The lowest BCUT2D eigenvalue weighted by atomic mass is 9.93. The highest BCUT2D eigenvalue weighted by Crippen LogP contribution is 2.31. The Bertz CT molecular complexity index is 590. The Morgan fingerprint density at radius 3 is 2.75 bits per heavy atom. The second-order valence-corrected chi connectivity index (χ2v) is 4.18. The molecule has 1 heterocycles. The molecular formula is C12H12FN3. The maximum absolute atomic E-state index is 13.7. The van der Waals surface area contributed by atoms with E-state index in [0.29, 0.717) is 10.9 Å². The monoisotopic (exact) mass is 217 g/mol. The van der Waals surface area contributed by atoms with Gasteiger partial charge in [-0.05, 0) is 30.0 Å². The predicted molar refractivity (Wildman–Crippen MR) is 59.6 cm³/mol. The molecule has 1 aromatic carbocycles. The van der Waals surface area contributed by atoms with Gasteiger partial charge in [-0.1, -0.05) is 13.8 Å². The van der Waals surface area contributed by atoms with Crippen molar-refractivity contribution < 1.29 is 4.39 Å². The van der Waals surface area contributed by atoms with Gasteiger partial charge < -0.3 is 0 Å². The number of benzene rings is 1. The van der Waals surface area contributed by atoms with Crippen LogP contribution in [0.3, 0.4) is 0 Å². The topological polar surface area (TPSA) is 52.5 Å². The molecule has 0 aliphatic heterocycles. The van der Waals surface area contributed by atoms with Gasteiger partial charge in [0.15, 0.2) is 5.69 Å². The van der Waals surface area contributed by atoms with Crippen LogP contribution in [0.4, 0.5) is 4.39 Å². The molecule has 0 aliphatic rings. The summed E-state index contributed by atoms with van der Waals surface area (Å²) in [6.07, 6.45) is 0. The van der Waals surface area contributed by atoms with Gasteiger partial charge in [0.2, 0.25) is 0 Å². The summed E-state index contributed by atoms with van der Waals surface area (Å²) in [5, 5.41) is 16.0. The number of rotatable bonds is 1. The number of aromatic nitrogens is 2. The molecule has 0 saturated heterocycles. The van der Waals surface area contributed by atoms with Crippen molar-refractivity contribution in [3.05, 3.63) is 28.7 Å². The summed E-state index contributed by atoms with van der Waals surface area (Å²) in [5.41, 5.74) is 2.44. The predicted octanol–water partition coefficient (Wildman–Crippen LogP) is 3.01. The minimum Gasteiger partial charge on any atom is -0.273 e. The van der Waals surface area contributed by atoms with Crippen LogP contribution in [-0.4, -0.2) is 10.2 Å². The molecule has 0 atom stereocenters. The van der Waals surface area contributed by atoms with E-state index in [-0.39, 0.29) is 17.4 Å². The first kappa shape index (κ1) is 10.6. The summed E-state index contributed by atoms with van der Waals surface area (Å²) in [6, 6.07) is 3.47. The smallest absolute Gasteiger partial charge is 0.170 e. The molecule has 82 valence electrons. The average molecular weight is 217 g/mol. The molecule has 16 heavy (non-hydrogen) atoms. The van der Waals surface area contributed by atoms with Crippen LogP contribution in [0.5, 0.6) is 0 Å². The van der Waals surface area contributed by atoms with Gasteiger partial charge in [0, 0.05) is 5.39 Å². The molecule has 1 N–H and O–H groups in total. The van der Waals surface area contributed by atoms with Crippen molar-refractivity contribution in [1.29, 1.82) is 5.26 Å². The SMILES string of the molecule is Cc1cc(F)c2[nH]nc(C#N)c2c1C(C)C. The third-order valence-corrected chi connectivity index (χ3v) is 2.73. The summed E-state index contributed by atoms with van der Waals surface area (Å²) in [6.45, 7) is 5.90. The Kier molecular flexibility index (Phi) is 2.39. The molecule has 0 spiro atoms. The Morgan fingerprint density at radius 2 is 2.19 bits per heavy atom. The molecule has 4 heteroatoms. The first-order valence-corrected chi connectivity index (χ1v) is 5.13. The Balaban J connectivity index is 2.97. The van der Waals surface area contributed by atoms with Crippen LogP contribution in [-0.2, 0) is 0 Å². The highest BCUT2D eigenvalue weighted by molar-refractivity contribution is 5.89. The Hall–Kier alpha value is -1.89. The number of H-pyrrole nitrogens is 1. The number of fused-ring (bicyclic) bond motifs is 1. The third-order valence-electron chi connectivity index (χ3n) is 2.73. The van der Waals surface area contributed by atoms with Gasteiger partial charge in [0.05, 0.1) is 0 Å². The van der Waals surface area contributed by atoms with Crippen molar-refractivity contribution in [2.24, 2.45) is 0 Å². The molecule has 0 fully saturated rings. The normalized spacial score (nSPS) is 11.0. The summed E-state index contributed by atoms with van der Waals surface area (Å²) >= 11 is 0. The zero-order valence-corrected chi connectivity index (χ0v) is 9.43. The van der Waals surface area contributed by atoms with Crippen LogP contribution < -0.4 is 0 Å². The number of halogens is 1. The van der Waals surface area contributed by atoms with E-state index in [9.17, 15) is 4.39 Å². The number of aryl methyl sites for hydroxylation is 1. The molecule has 0 aliphatic carbocycles. The zero-order chi connectivity index (χ0) is 11.9. The van der Waals surface area contributed by atoms with Gasteiger partial charge in [0.25, 0.3) is 0 Å².